The number of carboxylic acid groups (broad SMARTS) is 1. The maximum atomic E-state index is 10.7. The molecule has 4 heteroatoms. The van der Waals surface area contributed by atoms with Crippen LogP contribution in [0.1, 0.15) is 13.3 Å². The lowest BCUT2D eigenvalue weighted by Gasteiger charge is -2.54. The molecule has 0 aromatic rings. The molecular weight excluding hydrogens is 158 g/mol. The number of rotatable bonds is 2. The highest BCUT2D eigenvalue weighted by atomic mass is 16.5. The number of hydrogen-bond donors (Lipinski definition) is 1. The van der Waals surface area contributed by atoms with Crippen LogP contribution in [-0.2, 0) is 9.53 Å². The van der Waals surface area contributed by atoms with Gasteiger partial charge in [0, 0.05) is 12.1 Å². The maximum Gasteiger partial charge on any atom is 0.320 e. The van der Waals surface area contributed by atoms with E-state index >= 15 is 0 Å². The maximum absolute atomic E-state index is 10.7. The Kier molecular flexibility index (Phi) is 1.81. The zero-order valence-electron chi connectivity index (χ0n) is 7.06. The Hall–Kier alpha value is -0.610. The quantitative estimate of drug-likeness (QED) is 0.632. The van der Waals surface area contributed by atoms with E-state index in [4.69, 9.17) is 9.84 Å². The monoisotopic (exact) mass is 171 g/mol. The van der Waals surface area contributed by atoms with Crippen molar-refractivity contribution in [3.8, 4) is 0 Å². The Morgan fingerprint density at radius 1 is 1.58 bits per heavy atom. The van der Waals surface area contributed by atoms with Crippen LogP contribution in [0.3, 0.4) is 0 Å². The summed E-state index contributed by atoms with van der Waals surface area (Å²) >= 11 is 0. The molecule has 0 aliphatic carbocycles. The minimum atomic E-state index is -0.730. The lowest BCUT2D eigenvalue weighted by Crippen LogP contribution is -2.67. The number of carbonyl (C=O) groups is 1. The van der Waals surface area contributed by atoms with E-state index < -0.39 is 5.97 Å². The number of nitrogens with zero attached hydrogens (tertiary/aromatic N) is 1. The molecule has 3 saturated heterocycles. The minimum absolute atomic E-state index is 0.349. The van der Waals surface area contributed by atoms with Crippen molar-refractivity contribution in [3.05, 3.63) is 0 Å². The molecule has 3 fully saturated rings. The molecule has 0 unspecified atom stereocenters. The van der Waals surface area contributed by atoms with Gasteiger partial charge in [0.25, 0.3) is 0 Å². The molecule has 12 heavy (non-hydrogen) atoms. The van der Waals surface area contributed by atoms with Crippen molar-refractivity contribution in [2.75, 3.05) is 13.2 Å². The highest BCUT2D eigenvalue weighted by Gasteiger charge is 2.46. The second-order valence-electron chi connectivity index (χ2n) is 3.54. The highest BCUT2D eigenvalue weighted by molar-refractivity contribution is 5.73. The van der Waals surface area contributed by atoms with E-state index in [0.717, 1.165) is 6.42 Å². The Morgan fingerprint density at radius 2 is 2.17 bits per heavy atom. The van der Waals surface area contributed by atoms with Crippen LogP contribution in [0.5, 0.6) is 0 Å². The van der Waals surface area contributed by atoms with Crippen molar-refractivity contribution < 1.29 is 14.6 Å². The molecule has 3 rings (SSSR count). The third-order valence-corrected chi connectivity index (χ3v) is 2.81. The molecule has 4 nitrogen and oxygen atoms in total. The Morgan fingerprint density at radius 3 is 2.58 bits per heavy atom. The average Bonchev–Trinajstić information content (AvgIpc) is 2.05. The average molecular weight is 171 g/mol. The summed E-state index contributed by atoms with van der Waals surface area (Å²) in [7, 11) is 0. The normalized spacial score (nSPS) is 37.1. The lowest BCUT2D eigenvalue weighted by atomic mass is 9.89. The molecular formula is C8H13NO3. The van der Waals surface area contributed by atoms with Gasteiger partial charge in [-0.05, 0) is 13.3 Å². The number of morpholine rings is 1. The van der Waals surface area contributed by atoms with Crippen LogP contribution >= 0.6 is 0 Å². The van der Waals surface area contributed by atoms with E-state index in [9.17, 15) is 4.79 Å². The molecule has 0 aromatic carbocycles. The van der Waals surface area contributed by atoms with Crippen LogP contribution in [0.2, 0.25) is 0 Å². The first kappa shape index (κ1) is 8.01. The molecule has 3 aliphatic heterocycles. The van der Waals surface area contributed by atoms with Crippen molar-refractivity contribution in [2.24, 2.45) is 0 Å². The molecule has 3 aliphatic rings. The van der Waals surface area contributed by atoms with Crippen LogP contribution in [0.4, 0.5) is 0 Å². The lowest BCUT2D eigenvalue weighted by molar-refractivity contribution is -0.169. The standard InChI is InChI=1S/C8H13NO3/c1-5(8(10)11)9-6-2-7(9)4-12-3-6/h5-7H,2-4H2,1H3,(H,10,11)/t5-,6+,7+/m0/s1. The third kappa shape index (κ3) is 1.03. The van der Waals surface area contributed by atoms with E-state index in [2.05, 4.69) is 0 Å². The molecule has 0 spiro atoms. The molecule has 2 bridgehead atoms. The number of carboxylic acids is 1. The van der Waals surface area contributed by atoms with E-state index in [1.165, 1.54) is 0 Å². The number of ether oxygens (including phenoxy) is 1. The van der Waals surface area contributed by atoms with Crippen LogP contribution in [0, 0.1) is 0 Å². The van der Waals surface area contributed by atoms with Crippen molar-refractivity contribution in [3.63, 3.8) is 0 Å². The molecule has 68 valence electrons. The van der Waals surface area contributed by atoms with Crippen LogP contribution in [0.15, 0.2) is 0 Å². The summed E-state index contributed by atoms with van der Waals surface area (Å²) in [6, 6.07) is 0.363. The summed E-state index contributed by atoms with van der Waals surface area (Å²) in [5.74, 6) is -0.730. The molecule has 0 radical (unpaired) electrons. The second kappa shape index (κ2) is 2.71. The predicted molar refractivity (Wildman–Crippen MR) is 41.9 cm³/mol. The van der Waals surface area contributed by atoms with Gasteiger partial charge in [0.15, 0.2) is 0 Å². The fourth-order valence-corrected chi connectivity index (χ4v) is 2.13. The van der Waals surface area contributed by atoms with Crippen molar-refractivity contribution >= 4 is 5.97 Å². The van der Waals surface area contributed by atoms with Crippen molar-refractivity contribution in [1.82, 2.24) is 4.90 Å². The topological polar surface area (TPSA) is 49.8 Å². The van der Waals surface area contributed by atoms with Crippen molar-refractivity contribution in [1.29, 1.82) is 0 Å². The summed E-state index contributed by atoms with van der Waals surface area (Å²) in [5.41, 5.74) is 0. The fraction of sp³-hybridized carbons (Fsp3) is 0.875. The van der Waals surface area contributed by atoms with Gasteiger partial charge in [-0.3, -0.25) is 9.69 Å². The zero-order chi connectivity index (χ0) is 8.72. The van der Waals surface area contributed by atoms with Gasteiger partial charge in [-0.25, -0.2) is 0 Å². The summed E-state index contributed by atoms with van der Waals surface area (Å²) in [5, 5.41) is 8.79. The summed E-state index contributed by atoms with van der Waals surface area (Å²) < 4.78 is 5.26. The van der Waals surface area contributed by atoms with Crippen molar-refractivity contribution in [2.45, 2.75) is 31.5 Å². The summed E-state index contributed by atoms with van der Waals surface area (Å²) in [4.78, 5) is 12.7. The number of hydrogen-bond acceptors (Lipinski definition) is 3. The van der Waals surface area contributed by atoms with Gasteiger partial charge in [-0.2, -0.15) is 0 Å². The Balaban J connectivity index is 2.01. The fourth-order valence-electron chi connectivity index (χ4n) is 2.13. The van der Waals surface area contributed by atoms with Gasteiger partial charge in [0.2, 0.25) is 0 Å². The molecule has 3 atom stereocenters. The van der Waals surface area contributed by atoms with Gasteiger partial charge in [-0.15, -0.1) is 0 Å². The van der Waals surface area contributed by atoms with Crippen LogP contribution in [-0.4, -0.2) is 47.3 Å². The predicted octanol–water partition coefficient (Wildman–Crippen LogP) is -0.0674. The van der Waals surface area contributed by atoms with Gasteiger partial charge in [0.05, 0.1) is 13.2 Å². The largest absolute Gasteiger partial charge is 0.480 e. The van der Waals surface area contributed by atoms with E-state index in [1.54, 1.807) is 6.92 Å². The smallest absolute Gasteiger partial charge is 0.320 e. The van der Waals surface area contributed by atoms with Gasteiger partial charge >= 0.3 is 5.97 Å². The first-order chi connectivity index (χ1) is 5.70. The Labute approximate surface area is 71.1 Å². The van der Waals surface area contributed by atoms with Gasteiger partial charge in [-0.1, -0.05) is 0 Å². The summed E-state index contributed by atoms with van der Waals surface area (Å²) in [6.45, 7) is 3.15. The van der Waals surface area contributed by atoms with E-state index in [1.807, 2.05) is 4.90 Å². The zero-order valence-corrected chi connectivity index (χ0v) is 7.06. The number of aliphatic carboxylic acids is 1. The third-order valence-electron chi connectivity index (χ3n) is 2.81. The highest BCUT2D eigenvalue weighted by Crippen LogP contribution is 2.32. The number of fused-ring (bicyclic) bond motifs is 2. The first-order valence-corrected chi connectivity index (χ1v) is 4.28. The van der Waals surface area contributed by atoms with Gasteiger partial charge < -0.3 is 9.84 Å². The molecule has 3 heterocycles. The molecule has 0 amide bonds. The molecule has 1 N–H and O–H groups in total. The molecule has 0 aromatic heterocycles. The first-order valence-electron chi connectivity index (χ1n) is 4.28. The van der Waals surface area contributed by atoms with Crippen LogP contribution in [0.25, 0.3) is 0 Å². The van der Waals surface area contributed by atoms with Crippen LogP contribution < -0.4 is 0 Å². The van der Waals surface area contributed by atoms with E-state index in [-0.39, 0.29) is 6.04 Å². The second-order valence-corrected chi connectivity index (χ2v) is 3.54. The van der Waals surface area contributed by atoms with Gasteiger partial charge in [0.1, 0.15) is 6.04 Å². The Bertz CT molecular complexity index is 192. The minimum Gasteiger partial charge on any atom is -0.480 e. The summed E-state index contributed by atoms with van der Waals surface area (Å²) in [6.07, 6.45) is 1.11. The van der Waals surface area contributed by atoms with E-state index in [0.29, 0.717) is 25.3 Å². The SMILES string of the molecule is C[C@@H](C(=O)O)N1[C@H]2COC[C@H]1C2. The molecule has 0 saturated carbocycles.